The fourth-order valence-corrected chi connectivity index (χ4v) is 2.78. The van der Waals surface area contributed by atoms with Gasteiger partial charge in [-0.1, -0.05) is 0 Å². The molecule has 1 fully saturated rings. The number of ether oxygens (including phenoxy) is 1. The fourth-order valence-electron chi connectivity index (χ4n) is 2.78. The molecule has 0 saturated carbocycles. The molecule has 0 spiro atoms. The maximum atomic E-state index is 12.4. The number of hydrogen-bond donors (Lipinski definition) is 2. The molecule has 21 heavy (non-hydrogen) atoms. The van der Waals surface area contributed by atoms with E-state index in [1.165, 1.54) is 6.33 Å². The van der Waals surface area contributed by atoms with E-state index < -0.39 is 0 Å². The zero-order valence-electron chi connectivity index (χ0n) is 12.2. The first-order valence-corrected chi connectivity index (χ1v) is 7.03. The second-order valence-electron chi connectivity index (χ2n) is 5.38. The zero-order valence-corrected chi connectivity index (χ0v) is 12.2. The first-order valence-electron chi connectivity index (χ1n) is 7.03. The van der Waals surface area contributed by atoms with Crippen molar-refractivity contribution in [3.63, 3.8) is 0 Å². The van der Waals surface area contributed by atoms with E-state index in [4.69, 9.17) is 4.74 Å². The molecule has 2 aromatic rings. The largest absolute Gasteiger partial charge is 0.376 e. The summed E-state index contributed by atoms with van der Waals surface area (Å²) in [6, 6.07) is 1.80. The van der Waals surface area contributed by atoms with Gasteiger partial charge in [0.2, 0.25) is 0 Å². The van der Waals surface area contributed by atoms with Gasteiger partial charge in [0.15, 0.2) is 0 Å². The Kier molecular flexibility index (Phi) is 3.74. The quantitative estimate of drug-likeness (QED) is 0.882. The standard InChI is InChI=1S/C14H19N5O2/c1-9-10(3-5-15-9)14(20)19(2)7-12-11(4-6-21-12)13-16-8-17-18-13/h3,5,8,11-12,15H,4,6-7H2,1-2H3,(H,16,17,18)/t11-,12-/m1/s1. The second kappa shape index (κ2) is 5.69. The van der Waals surface area contributed by atoms with Crippen LogP contribution in [-0.4, -0.2) is 57.3 Å². The number of aryl methyl sites for hydroxylation is 1. The first-order chi connectivity index (χ1) is 10.2. The topological polar surface area (TPSA) is 86.9 Å². The number of likely N-dealkylation sites (N-methyl/N-ethyl adjacent to an activating group) is 1. The molecule has 3 rings (SSSR count). The summed E-state index contributed by atoms with van der Waals surface area (Å²) in [7, 11) is 1.80. The highest BCUT2D eigenvalue weighted by atomic mass is 16.5. The van der Waals surface area contributed by atoms with Crippen LogP contribution in [-0.2, 0) is 4.74 Å². The van der Waals surface area contributed by atoms with Crippen LogP contribution in [0.3, 0.4) is 0 Å². The molecule has 1 amide bonds. The molecule has 0 bridgehead atoms. The number of amides is 1. The number of hydrogen-bond acceptors (Lipinski definition) is 4. The van der Waals surface area contributed by atoms with Crippen molar-refractivity contribution >= 4 is 5.91 Å². The second-order valence-corrected chi connectivity index (χ2v) is 5.38. The molecule has 0 unspecified atom stereocenters. The van der Waals surface area contributed by atoms with Gasteiger partial charge < -0.3 is 14.6 Å². The molecule has 1 aliphatic heterocycles. The summed E-state index contributed by atoms with van der Waals surface area (Å²) >= 11 is 0. The Morgan fingerprint density at radius 3 is 3.10 bits per heavy atom. The minimum absolute atomic E-state index is 0.000528. The van der Waals surface area contributed by atoms with E-state index in [0.717, 1.165) is 17.9 Å². The van der Waals surface area contributed by atoms with Gasteiger partial charge in [-0.25, -0.2) is 4.98 Å². The molecule has 2 aromatic heterocycles. The van der Waals surface area contributed by atoms with Crippen molar-refractivity contribution in [2.45, 2.75) is 25.4 Å². The summed E-state index contributed by atoms with van der Waals surface area (Å²) in [5.74, 6) is 0.992. The summed E-state index contributed by atoms with van der Waals surface area (Å²) in [4.78, 5) is 21.4. The number of rotatable bonds is 4. The van der Waals surface area contributed by atoms with Crippen molar-refractivity contribution in [2.75, 3.05) is 20.2 Å². The summed E-state index contributed by atoms with van der Waals surface area (Å²) in [5.41, 5.74) is 1.58. The first kappa shape index (κ1) is 13.8. The average Bonchev–Trinajstić information content (AvgIpc) is 3.17. The Hall–Kier alpha value is -2.15. The molecule has 112 valence electrons. The Labute approximate surface area is 122 Å². The van der Waals surface area contributed by atoms with Crippen LogP contribution in [0.25, 0.3) is 0 Å². The highest BCUT2D eigenvalue weighted by Crippen LogP contribution is 2.29. The van der Waals surface area contributed by atoms with E-state index in [0.29, 0.717) is 18.7 Å². The lowest BCUT2D eigenvalue weighted by atomic mass is 10.0. The van der Waals surface area contributed by atoms with Crippen molar-refractivity contribution in [1.82, 2.24) is 25.1 Å². The van der Waals surface area contributed by atoms with Crippen LogP contribution in [0, 0.1) is 6.92 Å². The normalized spacial score (nSPS) is 21.6. The maximum Gasteiger partial charge on any atom is 0.255 e. The lowest BCUT2D eigenvalue weighted by molar-refractivity contribution is 0.0550. The van der Waals surface area contributed by atoms with Crippen LogP contribution in [0.2, 0.25) is 0 Å². The van der Waals surface area contributed by atoms with Crippen molar-refractivity contribution in [3.05, 3.63) is 35.7 Å². The SMILES string of the molecule is Cc1[nH]ccc1C(=O)N(C)C[C@H]1OCC[C@H]1c1ncn[nH]1. The third-order valence-electron chi connectivity index (χ3n) is 3.98. The Balaban J connectivity index is 1.68. The van der Waals surface area contributed by atoms with Crippen molar-refractivity contribution in [2.24, 2.45) is 0 Å². The van der Waals surface area contributed by atoms with E-state index >= 15 is 0 Å². The van der Waals surface area contributed by atoms with Gasteiger partial charge in [0, 0.05) is 38.0 Å². The summed E-state index contributed by atoms with van der Waals surface area (Å²) in [5, 5.41) is 6.79. The predicted octanol–water partition coefficient (Wildman–Crippen LogP) is 1.09. The monoisotopic (exact) mass is 289 g/mol. The van der Waals surface area contributed by atoms with Crippen LogP contribution >= 0.6 is 0 Å². The van der Waals surface area contributed by atoms with E-state index in [1.54, 1.807) is 24.2 Å². The van der Waals surface area contributed by atoms with E-state index in [2.05, 4.69) is 20.2 Å². The third-order valence-corrected chi connectivity index (χ3v) is 3.98. The van der Waals surface area contributed by atoms with Crippen LogP contribution in [0.15, 0.2) is 18.6 Å². The number of nitrogens with one attached hydrogen (secondary N) is 2. The lowest BCUT2D eigenvalue weighted by Crippen LogP contribution is -2.36. The molecule has 3 heterocycles. The van der Waals surface area contributed by atoms with Crippen LogP contribution in [0.4, 0.5) is 0 Å². The molecule has 2 N–H and O–H groups in total. The fraction of sp³-hybridized carbons (Fsp3) is 0.500. The summed E-state index contributed by atoms with van der Waals surface area (Å²) in [6.07, 6.45) is 4.12. The minimum Gasteiger partial charge on any atom is -0.376 e. The number of aromatic amines is 2. The molecule has 2 atom stereocenters. The molecule has 7 nitrogen and oxygen atoms in total. The average molecular weight is 289 g/mol. The van der Waals surface area contributed by atoms with Crippen LogP contribution in [0.1, 0.15) is 34.2 Å². The van der Waals surface area contributed by atoms with Crippen molar-refractivity contribution < 1.29 is 9.53 Å². The predicted molar refractivity (Wildman–Crippen MR) is 76.0 cm³/mol. The van der Waals surface area contributed by atoms with Gasteiger partial charge in [-0.2, -0.15) is 5.10 Å². The zero-order chi connectivity index (χ0) is 14.8. The van der Waals surface area contributed by atoms with Gasteiger partial charge in [-0.05, 0) is 19.4 Å². The van der Waals surface area contributed by atoms with E-state index in [9.17, 15) is 4.79 Å². The van der Waals surface area contributed by atoms with Gasteiger partial charge in [0.1, 0.15) is 12.2 Å². The number of aromatic nitrogens is 4. The summed E-state index contributed by atoms with van der Waals surface area (Å²) in [6.45, 7) is 3.11. The van der Waals surface area contributed by atoms with E-state index in [-0.39, 0.29) is 17.9 Å². The van der Waals surface area contributed by atoms with Crippen LogP contribution < -0.4 is 0 Å². The molecular formula is C14H19N5O2. The highest BCUT2D eigenvalue weighted by Gasteiger charge is 2.33. The molecule has 0 radical (unpaired) electrons. The maximum absolute atomic E-state index is 12.4. The lowest BCUT2D eigenvalue weighted by Gasteiger charge is -2.24. The third kappa shape index (κ3) is 2.69. The molecule has 7 heteroatoms. The summed E-state index contributed by atoms with van der Waals surface area (Å²) < 4.78 is 5.77. The molecule has 0 aliphatic carbocycles. The van der Waals surface area contributed by atoms with Crippen molar-refractivity contribution in [3.8, 4) is 0 Å². The van der Waals surface area contributed by atoms with Gasteiger partial charge in [-0.15, -0.1) is 0 Å². The smallest absolute Gasteiger partial charge is 0.255 e. The van der Waals surface area contributed by atoms with E-state index in [1.807, 2.05) is 6.92 Å². The minimum atomic E-state index is -0.0499. The van der Waals surface area contributed by atoms with Gasteiger partial charge >= 0.3 is 0 Å². The van der Waals surface area contributed by atoms with Gasteiger partial charge in [0.05, 0.1) is 11.7 Å². The molecular weight excluding hydrogens is 270 g/mol. The van der Waals surface area contributed by atoms with Crippen molar-refractivity contribution in [1.29, 1.82) is 0 Å². The van der Waals surface area contributed by atoms with Gasteiger partial charge in [0.25, 0.3) is 5.91 Å². The number of carbonyl (C=O) groups is 1. The van der Waals surface area contributed by atoms with Gasteiger partial charge in [-0.3, -0.25) is 9.89 Å². The number of H-pyrrole nitrogens is 2. The number of nitrogens with zero attached hydrogens (tertiary/aromatic N) is 3. The number of carbonyl (C=O) groups excluding carboxylic acids is 1. The Bertz CT molecular complexity index is 607. The van der Waals surface area contributed by atoms with Crippen LogP contribution in [0.5, 0.6) is 0 Å². The highest BCUT2D eigenvalue weighted by molar-refractivity contribution is 5.95. The Morgan fingerprint density at radius 2 is 2.43 bits per heavy atom. The molecule has 1 saturated heterocycles. The molecule has 1 aliphatic rings. The molecule has 0 aromatic carbocycles. The Morgan fingerprint density at radius 1 is 1.57 bits per heavy atom.